The minimum absolute atomic E-state index is 0.809. The van der Waals surface area contributed by atoms with Gasteiger partial charge < -0.3 is 9.88 Å². The van der Waals surface area contributed by atoms with Crippen molar-refractivity contribution >= 4 is 0 Å². The first-order valence-electron chi connectivity index (χ1n) is 8.70. The van der Waals surface area contributed by atoms with Gasteiger partial charge in [0.15, 0.2) is 0 Å². The Kier molecular flexibility index (Phi) is 4.89. The molecule has 1 N–H and O–H groups in total. The summed E-state index contributed by atoms with van der Waals surface area (Å²) in [5, 5.41) is 7.74. The van der Waals surface area contributed by atoms with Gasteiger partial charge in [-0.05, 0) is 34.9 Å². The molecule has 2 aromatic heterocycles. The Morgan fingerprint density at radius 1 is 0.769 bits per heavy atom. The molecule has 0 saturated heterocycles. The molecule has 0 saturated carbocycles. The predicted octanol–water partition coefficient (Wildman–Crippen LogP) is 3.41. The Morgan fingerprint density at radius 3 is 2.08 bits per heavy atom. The maximum atomic E-state index is 4.24. The van der Waals surface area contributed by atoms with Crippen molar-refractivity contribution in [3.05, 3.63) is 102 Å². The van der Waals surface area contributed by atoms with Crippen LogP contribution in [0.15, 0.2) is 85.7 Å². The van der Waals surface area contributed by atoms with E-state index in [-0.39, 0.29) is 0 Å². The smallest absolute Gasteiger partial charge is 0.0991 e. The summed E-state index contributed by atoms with van der Waals surface area (Å²) in [5.41, 5.74) is 4.93. The lowest BCUT2D eigenvalue weighted by Crippen LogP contribution is -2.12. The molecule has 0 radical (unpaired) electrons. The fourth-order valence-electron chi connectivity index (χ4n) is 2.89. The minimum atomic E-state index is 0.809. The lowest BCUT2D eigenvalue weighted by Gasteiger charge is -2.08. The number of benzene rings is 2. The molecule has 0 spiro atoms. The molecule has 0 aliphatic carbocycles. The van der Waals surface area contributed by atoms with Gasteiger partial charge in [-0.1, -0.05) is 36.4 Å². The first-order chi connectivity index (χ1) is 12.9. The summed E-state index contributed by atoms with van der Waals surface area (Å²) >= 11 is 0. The highest BCUT2D eigenvalue weighted by molar-refractivity contribution is 5.34. The molecule has 0 aliphatic rings. The molecule has 0 bridgehead atoms. The third kappa shape index (κ3) is 4.07. The second-order valence-electron chi connectivity index (χ2n) is 6.26. The van der Waals surface area contributed by atoms with Crippen molar-refractivity contribution in [2.75, 3.05) is 0 Å². The van der Waals surface area contributed by atoms with Crippen LogP contribution in [-0.4, -0.2) is 19.3 Å². The van der Waals surface area contributed by atoms with Gasteiger partial charge in [0.2, 0.25) is 0 Å². The third-order valence-electron chi connectivity index (χ3n) is 4.32. The molecule has 2 aromatic carbocycles. The van der Waals surface area contributed by atoms with Gasteiger partial charge in [-0.3, -0.25) is 4.68 Å². The zero-order chi connectivity index (χ0) is 17.6. The number of rotatable bonds is 7. The van der Waals surface area contributed by atoms with Gasteiger partial charge in [0.1, 0.15) is 0 Å². The zero-order valence-corrected chi connectivity index (χ0v) is 14.5. The van der Waals surface area contributed by atoms with E-state index in [1.807, 2.05) is 34.0 Å². The molecular formula is C21H21N5. The SMILES string of the molecule is c1cnn(Cc2ccc(CNCc3ccc(-n4ccnc4)cc3)cc2)c1. The van der Waals surface area contributed by atoms with E-state index in [9.17, 15) is 0 Å². The summed E-state index contributed by atoms with van der Waals surface area (Å²) in [4.78, 5) is 4.08. The molecule has 5 heteroatoms. The molecule has 26 heavy (non-hydrogen) atoms. The molecule has 0 amide bonds. The summed E-state index contributed by atoms with van der Waals surface area (Å²) in [6.45, 7) is 2.51. The average molecular weight is 343 g/mol. The van der Waals surface area contributed by atoms with Crippen LogP contribution >= 0.6 is 0 Å². The molecule has 0 atom stereocenters. The van der Waals surface area contributed by atoms with Crippen LogP contribution in [0.3, 0.4) is 0 Å². The van der Waals surface area contributed by atoms with Crippen LogP contribution in [0.1, 0.15) is 16.7 Å². The summed E-state index contributed by atoms with van der Waals surface area (Å²) in [6, 6.07) is 19.1. The maximum absolute atomic E-state index is 4.24. The standard InChI is InChI=1S/C21H21N5/c1-10-24-26(12-1)16-20-4-2-18(3-5-20)14-23-15-19-6-8-21(9-7-19)25-13-11-22-17-25/h1-13,17,23H,14-16H2. The molecule has 0 aliphatic heterocycles. The van der Waals surface area contributed by atoms with E-state index in [1.165, 1.54) is 16.7 Å². The number of nitrogens with zero attached hydrogens (tertiary/aromatic N) is 4. The molecule has 130 valence electrons. The van der Waals surface area contributed by atoms with Crippen LogP contribution < -0.4 is 5.32 Å². The summed E-state index contributed by atoms with van der Waals surface area (Å²) < 4.78 is 3.93. The molecule has 0 unspecified atom stereocenters. The van der Waals surface area contributed by atoms with Gasteiger partial charge >= 0.3 is 0 Å². The van der Waals surface area contributed by atoms with Crippen molar-refractivity contribution in [1.29, 1.82) is 0 Å². The normalized spacial score (nSPS) is 10.9. The molecule has 5 nitrogen and oxygen atoms in total. The number of hydrogen-bond donors (Lipinski definition) is 1. The van der Waals surface area contributed by atoms with E-state index >= 15 is 0 Å². The Hall–Kier alpha value is -3.18. The van der Waals surface area contributed by atoms with Crippen molar-refractivity contribution < 1.29 is 0 Å². The largest absolute Gasteiger partial charge is 0.309 e. The lowest BCUT2D eigenvalue weighted by molar-refractivity contribution is 0.681. The van der Waals surface area contributed by atoms with Crippen LogP contribution in [0.4, 0.5) is 0 Å². The highest BCUT2D eigenvalue weighted by atomic mass is 15.3. The van der Waals surface area contributed by atoms with Crippen molar-refractivity contribution in [2.45, 2.75) is 19.6 Å². The minimum Gasteiger partial charge on any atom is -0.309 e. The highest BCUT2D eigenvalue weighted by Gasteiger charge is 1.99. The number of imidazole rings is 1. The predicted molar refractivity (Wildman–Crippen MR) is 102 cm³/mol. The van der Waals surface area contributed by atoms with Crippen LogP contribution in [0.25, 0.3) is 5.69 Å². The fourth-order valence-corrected chi connectivity index (χ4v) is 2.89. The van der Waals surface area contributed by atoms with Crippen molar-refractivity contribution in [2.24, 2.45) is 0 Å². The maximum Gasteiger partial charge on any atom is 0.0991 e. The van der Waals surface area contributed by atoms with Gasteiger partial charge in [0.05, 0.1) is 12.9 Å². The third-order valence-corrected chi connectivity index (χ3v) is 4.32. The summed E-state index contributed by atoms with van der Waals surface area (Å²) in [6.07, 6.45) is 9.33. The van der Waals surface area contributed by atoms with Gasteiger partial charge in [0, 0.05) is 43.6 Å². The average Bonchev–Trinajstić information content (AvgIpc) is 3.38. The molecule has 0 fully saturated rings. The van der Waals surface area contributed by atoms with Gasteiger partial charge in [-0.25, -0.2) is 4.98 Å². The quantitative estimate of drug-likeness (QED) is 0.559. The molecular weight excluding hydrogens is 322 g/mol. The highest BCUT2D eigenvalue weighted by Crippen LogP contribution is 2.10. The number of aromatic nitrogens is 4. The number of hydrogen-bond acceptors (Lipinski definition) is 3. The van der Waals surface area contributed by atoms with E-state index in [1.54, 1.807) is 12.4 Å². The first-order valence-corrected chi connectivity index (χ1v) is 8.70. The second kappa shape index (κ2) is 7.80. The molecule has 4 aromatic rings. The molecule has 2 heterocycles. The lowest BCUT2D eigenvalue weighted by atomic mass is 10.1. The fraction of sp³-hybridized carbons (Fsp3) is 0.143. The van der Waals surface area contributed by atoms with Crippen molar-refractivity contribution in [3.8, 4) is 5.69 Å². The Labute approximate surface area is 152 Å². The Morgan fingerprint density at radius 2 is 1.46 bits per heavy atom. The van der Waals surface area contributed by atoms with E-state index < -0.39 is 0 Å². The van der Waals surface area contributed by atoms with E-state index in [0.29, 0.717) is 0 Å². The van der Waals surface area contributed by atoms with E-state index in [2.05, 4.69) is 63.9 Å². The Balaban J connectivity index is 1.27. The van der Waals surface area contributed by atoms with Crippen molar-refractivity contribution in [1.82, 2.24) is 24.6 Å². The topological polar surface area (TPSA) is 47.7 Å². The van der Waals surface area contributed by atoms with Crippen LogP contribution in [0.5, 0.6) is 0 Å². The van der Waals surface area contributed by atoms with Gasteiger partial charge in [-0.2, -0.15) is 5.10 Å². The second-order valence-corrected chi connectivity index (χ2v) is 6.26. The Bertz CT molecular complexity index is 908. The first kappa shape index (κ1) is 16.3. The van der Waals surface area contributed by atoms with Crippen LogP contribution in [0.2, 0.25) is 0 Å². The monoisotopic (exact) mass is 343 g/mol. The van der Waals surface area contributed by atoms with Crippen LogP contribution in [-0.2, 0) is 19.6 Å². The van der Waals surface area contributed by atoms with E-state index in [0.717, 1.165) is 25.3 Å². The summed E-state index contributed by atoms with van der Waals surface area (Å²) in [7, 11) is 0. The summed E-state index contributed by atoms with van der Waals surface area (Å²) in [5.74, 6) is 0. The van der Waals surface area contributed by atoms with E-state index in [4.69, 9.17) is 0 Å². The van der Waals surface area contributed by atoms with Crippen LogP contribution in [0, 0.1) is 0 Å². The van der Waals surface area contributed by atoms with Gasteiger partial charge in [0.25, 0.3) is 0 Å². The zero-order valence-electron chi connectivity index (χ0n) is 14.5. The molecule has 4 rings (SSSR count). The van der Waals surface area contributed by atoms with Crippen molar-refractivity contribution in [3.63, 3.8) is 0 Å². The van der Waals surface area contributed by atoms with Gasteiger partial charge in [-0.15, -0.1) is 0 Å². The number of nitrogens with one attached hydrogen (secondary N) is 1.